The summed E-state index contributed by atoms with van der Waals surface area (Å²) in [6.07, 6.45) is 0.978. The summed E-state index contributed by atoms with van der Waals surface area (Å²) < 4.78 is 0. The van der Waals surface area contributed by atoms with Crippen molar-refractivity contribution < 1.29 is 0 Å². The summed E-state index contributed by atoms with van der Waals surface area (Å²) >= 11 is 12.2. The molecule has 0 saturated heterocycles. The molecule has 1 nitrogen and oxygen atoms in total. The van der Waals surface area contributed by atoms with Crippen LogP contribution in [0.1, 0.15) is 30.5 Å². The van der Waals surface area contributed by atoms with Crippen LogP contribution < -0.4 is 5.32 Å². The normalized spacial score (nSPS) is 12.2. The van der Waals surface area contributed by atoms with Crippen LogP contribution in [-0.4, -0.2) is 0 Å². The Morgan fingerprint density at radius 3 is 2.53 bits per heavy atom. The summed E-state index contributed by atoms with van der Waals surface area (Å²) in [6, 6.07) is 14.1. The van der Waals surface area contributed by atoms with Crippen molar-refractivity contribution in [2.45, 2.75) is 26.3 Å². The lowest BCUT2D eigenvalue weighted by atomic mass is 10.0. The van der Waals surface area contributed by atoms with E-state index in [4.69, 9.17) is 23.2 Å². The molecule has 0 radical (unpaired) electrons. The minimum absolute atomic E-state index is 0.232. The van der Waals surface area contributed by atoms with Crippen molar-refractivity contribution in [1.29, 1.82) is 0 Å². The number of hydrogen-bond acceptors (Lipinski definition) is 1. The van der Waals surface area contributed by atoms with Crippen molar-refractivity contribution in [3.8, 4) is 0 Å². The minimum atomic E-state index is 0.232. The summed E-state index contributed by atoms with van der Waals surface area (Å²) in [4.78, 5) is 0. The molecule has 19 heavy (non-hydrogen) atoms. The van der Waals surface area contributed by atoms with Crippen LogP contribution in [0.2, 0.25) is 10.0 Å². The summed E-state index contributed by atoms with van der Waals surface area (Å²) in [5.41, 5.74) is 3.33. The van der Waals surface area contributed by atoms with Crippen LogP contribution in [0, 0.1) is 6.92 Å². The third-order valence-electron chi connectivity index (χ3n) is 3.26. The van der Waals surface area contributed by atoms with Gasteiger partial charge in [0.25, 0.3) is 0 Å². The summed E-state index contributed by atoms with van der Waals surface area (Å²) in [6.45, 7) is 4.17. The van der Waals surface area contributed by atoms with Crippen LogP contribution in [-0.2, 0) is 0 Å². The summed E-state index contributed by atoms with van der Waals surface area (Å²) in [5, 5.41) is 5.09. The molecule has 1 atom stereocenters. The number of anilines is 1. The van der Waals surface area contributed by atoms with Gasteiger partial charge in [0.1, 0.15) is 0 Å². The monoisotopic (exact) mass is 293 g/mol. The fourth-order valence-electron chi connectivity index (χ4n) is 2.10. The quantitative estimate of drug-likeness (QED) is 0.744. The zero-order valence-electron chi connectivity index (χ0n) is 11.1. The third kappa shape index (κ3) is 3.43. The highest BCUT2D eigenvalue weighted by Gasteiger charge is 2.11. The van der Waals surface area contributed by atoms with Crippen LogP contribution in [0.15, 0.2) is 42.5 Å². The maximum absolute atomic E-state index is 6.15. The van der Waals surface area contributed by atoms with Gasteiger partial charge in [0.2, 0.25) is 0 Å². The lowest BCUT2D eigenvalue weighted by Crippen LogP contribution is -2.10. The van der Waals surface area contributed by atoms with E-state index in [1.54, 1.807) is 0 Å². The zero-order chi connectivity index (χ0) is 13.8. The highest BCUT2D eigenvalue weighted by Crippen LogP contribution is 2.29. The van der Waals surface area contributed by atoms with E-state index in [1.165, 1.54) is 5.56 Å². The van der Waals surface area contributed by atoms with E-state index in [0.717, 1.165) is 27.7 Å². The Balaban J connectivity index is 2.26. The second kappa shape index (κ2) is 6.31. The molecular formula is C16H17Cl2N. The average molecular weight is 294 g/mol. The van der Waals surface area contributed by atoms with E-state index in [2.05, 4.69) is 24.4 Å². The smallest absolute Gasteiger partial charge is 0.0511 e. The largest absolute Gasteiger partial charge is 0.378 e. The molecule has 0 bridgehead atoms. The Hall–Kier alpha value is -1.18. The molecular weight excluding hydrogens is 277 g/mol. The second-order valence-electron chi connectivity index (χ2n) is 4.57. The first-order valence-corrected chi connectivity index (χ1v) is 7.14. The maximum Gasteiger partial charge on any atom is 0.0511 e. The van der Waals surface area contributed by atoms with Crippen LogP contribution in [0.3, 0.4) is 0 Å². The van der Waals surface area contributed by atoms with Gasteiger partial charge >= 0.3 is 0 Å². The van der Waals surface area contributed by atoms with Crippen LogP contribution in [0.25, 0.3) is 0 Å². The van der Waals surface area contributed by atoms with Gasteiger partial charge in [0.15, 0.2) is 0 Å². The predicted octanol–water partition coefficient (Wildman–Crippen LogP) is 5.87. The van der Waals surface area contributed by atoms with Gasteiger partial charge in [0, 0.05) is 15.7 Å². The molecule has 0 saturated carbocycles. The van der Waals surface area contributed by atoms with Crippen molar-refractivity contribution in [1.82, 2.24) is 0 Å². The topological polar surface area (TPSA) is 12.0 Å². The number of nitrogens with one attached hydrogen (secondary N) is 1. The first-order valence-electron chi connectivity index (χ1n) is 6.39. The van der Waals surface area contributed by atoms with E-state index >= 15 is 0 Å². The van der Waals surface area contributed by atoms with E-state index in [0.29, 0.717) is 0 Å². The fourth-order valence-corrected chi connectivity index (χ4v) is 2.47. The molecule has 3 heteroatoms. The fraction of sp³-hybridized carbons (Fsp3) is 0.250. The summed E-state index contributed by atoms with van der Waals surface area (Å²) in [7, 11) is 0. The van der Waals surface area contributed by atoms with Gasteiger partial charge in [-0.2, -0.15) is 0 Å². The highest BCUT2D eigenvalue weighted by atomic mass is 35.5. The van der Waals surface area contributed by atoms with Crippen LogP contribution in [0.5, 0.6) is 0 Å². The maximum atomic E-state index is 6.15. The molecule has 0 heterocycles. The van der Waals surface area contributed by atoms with Crippen molar-refractivity contribution >= 4 is 28.9 Å². The van der Waals surface area contributed by atoms with E-state index in [1.807, 2.05) is 37.3 Å². The van der Waals surface area contributed by atoms with Gasteiger partial charge in [-0.3, -0.25) is 0 Å². The number of benzene rings is 2. The molecule has 2 rings (SSSR count). The standard InChI is InChI=1S/C16H17Cl2N/c1-3-15(12-6-4-7-13(17)10-12)19-16-9-5-8-14(18)11(16)2/h4-10,15,19H,3H2,1-2H3. The van der Waals surface area contributed by atoms with Gasteiger partial charge in [-0.15, -0.1) is 0 Å². The molecule has 0 aliphatic carbocycles. The molecule has 0 fully saturated rings. The molecule has 0 spiro atoms. The van der Waals surface area contributed by atoms with Gasteiger partial charge in [0.05, 0.1) is 6.04 Å². The van der Waals surface area contributed by atoms with Crippen LogP contribution in [0.4, 0.5) is 5.69 Å². The Morgan fingerprint density at radius 2 is 1.84 bits per heavy atom. The van der Waals surface area contributed by atoms with Crippen molar-refractivity contribution in [2.75, 3.05) is 5.32 Å². The molecule has 2 aromatic carbocycles. The van der Waals surface area contributed by atoms with Crippen molar-refractivity contribution in [2.24, 2.45) is 0 Å². The number of hydrogen-bond donors (Lipinski definition) is 1. The van der Waals surface area contributed by atoms with Gasteiger partial charge in [-0.05, 0) is 48.7 Å². The third-order valence-corrected chi connectivity index (χ3v) is 3.90. The predicted molar refractivity (Wildman–Crippen MR) is 84.3 cm³/mol. The van der Waals surface area contributed by atoms with E-state index < -0.39 is 0 Å². The van der Waals surface area contributed by atoms with Crippen molar-refractivity contribution in [3.63, 3.8) is 0 Å². The summed E-state index contributed by atoms with van der Waals surface area (Å²) in [5.74, 6) is 0. The minimum Gasteiger partial charge on any atom is -0.378 e. The highest BCUT2D eigenvalue weighted by molar-refractivity contribution is 6.31. The lowest BCUT2D eigenvalue weighted by Gasteiger charge is -2.20. The molecule has 0 amide bonds. The molecule has 100 valence electrons. The van der Waals surface area contributed by atoms with Gasteiger partial charge < -0.3 is 5.32 Å². The first kappa shape index (κ1) is 14.2. The Morgan fingerprint density at radius 1 is 1.11 bits per heavy atom. The average Bonchev–Trinajstić information content (AvgIpc) is 2.40. The number of rotatable bonds is 4. The Kier molecular flexibility index (Phi) is 4.73. The molecule has 0 aliphatic rings. The van der Waals surface area contributed by atoms with E-state index in [-0.39, 0.29) is 6.04 Å². The SMILES string of the molecule is CCC(Nc1cccc(Cl)c1C)c1cccc(Cl)c1. The van der Waals surface area contributed by atoms with Gasteiger partial charge in [-0.25, -0.2) is 0 Å². The first-order chi connectivity index (χ1) is 9.11. The van der Waals surface area contributed by atoms with Gasteiger partial charge in [-0.1, -0.05) is 48.3 Å². The molecule has 1 unspecified atom stereocenters. The van der Waals surface area contributed by atoms with Crippen molar-refractivity contribution in [3.05, 3.63) is 63.6 Å². The number of halogens is 2. The van der Waals surface area contributed by atoms with E-state index in [9.17, 15) is 0 Å². The lowest BCUT2D eigenvalue weighted by molar-refractivity contribution is 0.748. The Bertz CT molecular complexity index is 566. The second-order valence-corrected chi connectivity index (χ2v) is 5.42. The molecule has 0 aliphatic heterocycles. The Labute approximate surface area is 124 Å². The molecule has 1 N–H and O–H groups in total. The van der Waals surface area contributed by atoms with Crippen LogP contribution >= 0.6 is 23.2 Å². The zero-order valence-corrected chi connectivity index (χ0v) is 12.6. The molecule has 0 aromatic heterocycles. The molecule has 2 aromatic rings.